The van der Waals surface area contributed by atoms with Crippen LogP contribution in [0.25, 0.3) is 0 Å². The maximum absolute atomic E-state index is 12.9. The minimum Gasteiger partial charge on any atom is -0.472 e. The number of fused-ring (bicyclic) bond motifs is 2. The van der Waals surface area contributed by atoms with Crippen molar-refractivity contribution in [2.75, 3.05) is 26.2 Å². The van der Waals surface area contributed by atoms with Crippen molar-refractivity contribution in [3.05, 3.63) is 42.4 Å². The molecule has 0 N–H and O–H groups in total. The van der Waals surface area contributed by atoms with Gasteiger partial charge in [-0.3, -0.25) is 9.69 Å². The number of imidazole rings is 1. The van der Waals surface area contributed by atoms with Gasteiger partial charge in [0.15, 0.2) is 6.10 Å². The molecule has 4 heterocycles. The molecule has 4 rings (SSSR count). The fraction of sp³-hybridized carbons (Fsp3) is 0.600. The van der Waals surface area contributed by atoms with Gasteiger partial charge in [0.05, 0.1) is 19.1 Å². The molecule has 7 nitrogen and oxygen atoms in total. The quantitative estimate of drug-likeness (QED) is 0.805. The molecule has 0 saturated carbocycles. The number of likely N-dealkylation sites (N-methyl/N-ethyl adjacent to an activating group) is 1. The molecule has 0 aliphatic carbocycles. The maximum atomic E-state index is 12.9. The first kappa shape index (κ1) is 18.3. The van der Waals surface area contributed by atoms with Gasteiger partial charge in [-0.15, -0.1) is 0 Å². The molecule has 146 valence electrons. The van der Waals surface area contributed by atoms with Crippen LogP contribution in [0.15, 0.2) is 35.4 Å². The Morgan fingerprint density at radius 3 is 2.78 bits per heavy atom. The first-order valence-corrected chi connectivity index (χ1v) is 9.87. The number of rotatable bonds is 5. The number of aromatic nitrogens is 2. The van der Waals surface area contributed by atoms with Gasteiger partial charge in [-0.05, 0) is 32.8 Å². The van der Waals surface area contributed by atoms with Crippen LogP contribution in [0.3, 0.4) is 0 Å². The highest BCUT2D eigenvalue weighted by Gasteiger charge is 2.47. The maximum Gasteiger partial charge on any atom is 0.253 e. The van der Waals surface area contributed by atoms with Crippen molar-refractivity contribution in [1.82, 2.24) is 19.4 Å². The Kier molecular flexibility index (Phi) is 5.06. The number of hydrogen-bond acceptors (Lipinski definition) is 5. The van der Waals surface area contributed by atoms with E-state index in [9.17, 15) is 4.79 Å². The van der Waals surface area contributed by atoms with E-state index in [0.717, 1.165) is 38.3 Å². The van der Waals surface area contributed by atoms with Crippen LogP contribution in [0.4, 0.5) is 0 Å². The Morgan fingerprint density at radius 1 is 1.33 bits per heavy atom. The Labute approximate surface area is 159 Å². The standard InChI is InChI=1S/C20H28N4O3/c1-3-23(4-2)18(25)17-14-24-11-8-21-19(24)20(27-17)6-9-22(10-7-20)13-16-5-12-26-15-16/h5,8,11-12,15,17H,3-4,6-7,9-10,13-14H2,1-2H3/t17-/m1/s1. The number of nitrogens with zero attached hydrogens (tertiary/aromatic N) is 4. The van der Waals surface area contributed by atoms with E-state index in [4.69, 9.17) is 9.15 Å². The van der Waals surface area contributed by atoms with E-state index in [1.807, 2.05) is 37.2 Å². The molecule has 2 aromatic heterocycles. The molecule has 0 unspecified atom stereocenters. The fourth-order valence-electron chi connectivity index (χ4n) is 4.32. The van der Waals surface area contributed by atoms with Gasteiger partial charge >= 0.3 is 0 Å². The average molecular weight is 372 g/mol. The third kappa shape index (κ3) is 3.41. The Balaban J connectivity index is 1.51. The van der Waals surface area contributed by atoms with Crippen LogP contribution in [-0.4, -0.2) is 57.5 Å². The van der Waals surface area contributed by atoms with E-state index in [2.05, 4.69) is 14.5 Å². The van der Waals surface area contributed by atoms with E-state index < -0.39 is 11.7 Å². The number of piperidine rings is 1. The van der Waals surface area contributed by atoms with Crippen LogP contribution in [0.1, 0.15) is 38.1 Å². The molecule has 0 aromatic carbocycles. The van der Waals surface area contributed by atoms with Crippen LogP contribution < -0.4 is 0 Å². The zero-order valence-electron chi connectivity index (χ0n) is 16.1. The van der Waals surface area contributed by atoms with Crippen molar-refractivity contribution in [1.29, 1.82) is 0 Å². The molecule has 7 heteroatoms. The predicted molar refractivity (Wildman–Crippen MR) is 99.9 cm³/mol. The zero-order valence-corrected chi connectivity index (χ0v) is 16.1. The van der Waals surface area contributed by atoms with Crippen LogP contribution in [0.2, 0.25) is 0 Å². The molecule has 0 radical (unpaired) electrons. The van der Waals surface area contributed by atoms with Crippen molar-refractivity contribution in [3.63, 3.8) is 0 Å². The summed E-state index contributed by atoms with van der Waals surface area (Å²) in [6, 6.07) is 2.01. The van der Waals surface area contributed by atoms with Gasteiger partial charge in [0.2, 0.25) is 0 Å². The van der Waals surface area contributed by atoms with Crippen molar-refractivity contribution in [3.8, 4) is 0 Å². The predicted octanol–water partition coefficient (Wildman–Crippen LogP) is 2.23. The smallest absolute Gasteiger partial charge is 0.253 e. The second-order valence-corrected chi connectivity index (χ2v) is 7.42. The lowest BCUT2D eigenvalue weighted by atomic mass is 9.88. The normalized spacial score (nSPS) is 21.9. The third-order valence-electron chi connectivity index (χ3n) is 5.85. The lowest BCUT2D eigenvalue weighted by Crippen LogP contribution is -2.54. The summed E-state index contributed by atoms with van der Waals surface area (Å²) in [6.07, 6.45) is 8.54. The van der Waals surface area contributed by atoms with Crippen molar-refractivity contribution in [2.24, 2.45) is 0 Å². The molecule has 2 aliphatic heterocycles. The highest BCUT2D eigenvalue weighted by atomic mass is 16.5. The largest absolute Gasteiger partial charge is 0.472 e. The molecular weight excluding hydrogens is 344 g/mol. The highest BCUT2D eigenvalue weighted by Crippen LogP contribution is 2.40. The van der Waals surface area contributed by atoms with Gasteiger partial charge in [0, 0.05) is 50.7 Å². The second kappa shape index (κ2) is 7.48. The summed E-state index contributed by atoms with van der Waals surface area (Å²) in [4.78, 5) is 21.8. The van der Waals surface area contributed by atoms with E-state index >= 15 is 0 Å². The van der Waals surface area contributed by atoms with E-state index in [1.54, 1.807) is 12.5 Å². The second-order valence-electron chi connectivity index (χ2n) is 7.42. The lowest BCUT2D eigenvalue weighted by molar-refractivity contribution is -0.181. The molecule has 2 aliphatic rings. The van der Waals surface area contributed by atoms with Crippen molar-refractivity contribution in [2.45, 2.75) is 51.5 Å². The molecule has 0 bridgehead atoms. The van der Waals surface area contributed by atoms with Crippen molar-refractivity contribution >= 4 is 5.91 Å². The first-order chi connectivity index (χ1) is 13.1. The summed E-state index contributed by atoms with van der Waals surface area (Å²) in [5, 5.41) is 0. The van der Waals surface area contributed by atoms with Gasteiger partial charge in [0.25, 0.3) is 5.91 Å². The first-order valence-electron chi connectivity index (χ1n) is 9.87. The summed E-state index contributed by atoms with van der Waals surface area (Å²) in [5.74, 6) is 1.05. The van der Waals surface area contributed by atoms with Crippen LogP contribution in [-0.2, 0) is 28.2 Å². The summed E-state index contributed by atoms with van der Waals surface area (Å²) < 4.78 is 13.8. The van der Waals surface area contributed by atoms with Gasteiger partial charge in [0.1, 0.15) is 11.4 Å². The van der Waals surface area contributed by atoms with Gasteiger partial charge in [-0.2, -0.15) is 0 Å². The average Bonchev–Trinajstić information content (AvgIpc) is 3.36. The number of carbonyl (C=O) groups excluding carboxylic acids is 1. The lowest BCUT2D eigenvalue weighted by Gasteiger charge is -2.46. The monoisotopic (exact) mass is 372 g/mol. The molecule has 1 fully saturated rings. The van der Waals surface area contributed by atoms with E-state index in [-0.39, 0.29) is 5.91 Å². The minimum absolute atomic E-state index is 0.0829. The van der Waals surface area contributed by atoms with Gasteiger partial charge in [-0.25, -0.2) is 4.98 Å². The molecular formula is C20H28N4O3. The summed E-state index contributed by atoms with van der Waals surface area (Å²) >= 11 is 0. The number of likely N-dealkylation sites (tertiary alicyclic amines) is 1. The van der Waals surface area contributed by atoms with Crippen molar-refractivity contribution < 1.29 is 13.9 Å². The number of furan rings is 1. The number of ether oxygens (including phenoxy) is 1. The molecule has 1 spiro atoms. The Bertz CT molecular complexity index is 758. The number of carbonyl (C=O) groups is 1. The fourth-order valence-corrected chi connectivity index (χ4v) is 4.32. The summed E-state index contributed by atoms with van der Waals surface area (Å²) in [6.45, 7) is 8.67. The SMILES string of the molecule is CCN(CC)C(=O)[C@H]1Cn2ccnc2C2(CCN(Cc3ccoc3)CC2)O1. The van der Waals surface area contributed by atoms with E-state index in [1.165, 1.54) is 5.56 Å². The van der Waals surface area contributed by atoms with Crippen LogP contribution in [0, 0.1) is 0 Å². The summed E-state index contributed by atoms with van der Waals surface area (Å²) in [5.41, 5.74) is 0.717. The summed E-state index contributed by atoms with van der Waals surface area (Å²) in [7, 11) is 0. The molecule has 1 saturated heterocycles. The van der Waals surface area contributed by atoms with Gasteiger partial charge in [-0.1, -0.05) is 0 Å². The highest BCUT2D eigenvalue weighted by molar-refractivity contribution is 5.81. The molecule has 1 amide bonds. The van der Waals surface area contributed by atoms with Crippen LogP contribution in [0.5, 0.6) is 0 Å². The van der Waals surface area contributed by atoms with Gasteiger partial charge < -0.3 is 18.6 Å². The van der Waals surface area contributed by atoms with Crippen LogP contribution >= 0.6 is 0 Å². The molecule has 1 atom stereocenters. The minimum atomic E-state index is -0.470. The topological polar surface area (TPSA) is 63.7 Å². The third-order valence-corrected chi connectivity index (χ3v) is 5.85. The van der Waals surface area contributed by atoms with E-state index in [0.29, 0.717) is 19.6 Å². The Hall–Kier alpha value is -2.12. The number of amides is 1. The zero-order chi connectivity index (χ0) is 18.9. The number of hydrogen-bond donors (Lipinski definition) is 0. The Morgan fingerprint density at radius 2 is 2.11 bits per heavy atom. The molecule has 2 aromatic rings. The molecule has 27 heavy (non-hydrogen) atoms.